The zero-order valence-electron chi connectivity index (χ0n) is 9.14. The molecule has 2 nitrogen and oxygen atoms in total. The highest BCUT2D eigenvalue weighted by atomic mass is 16.1. The Bertz CT molecular complexity index is 158. The number of likely N-dealkylation sites (N-methyl/N-ethyl adjacent to an activating group) is 1. The molecule has 0 aromatic carbocycles. The Morgan fingerprint density at radius 2 is 1.83 bits per heavy atom. The second-order valence-corrected chi connectivity index (χ2v) is 4.36. The van der Waals surface area contributed by atoms with Crippen molar-refractivity contribution in [2.75, 3.05) is 13.6 Å². The maximum absolute atomic E-state index is 11.7. The lowest BCUT2D eigenvalue weighted by atomic mass is 9.86. The summed E-state index contributed by atoms with van der Waals surface area (Å²) in [7, 11) is 1.98. The van der Waals surface area contributed by atoms with E-state index in [1.165, 1.54) is 0 Å². The van der Waals surface area contributed by atoms with E-state index >= 15 is 0 Å². The van der Waals surface area contributed by atoms with Crippen LogP contribution in [0.5, 0.6) is 0 Å². The molecule has 0 aromatic rings. The average Bonchev–Trinajstić information content (AvgIpc) is 1.98. The fourth-order valence-corrected chi connectivity index (χ4v) is 1.10. The number of hydrogen-bond donors (Lipinski definition) is 0. The second kappa shape index (κ2) is 4.04. The van der Waals surface area contributed by atoms with Crippen molar-refractivity contribution < 1.29 is 4.79 Å². The van der Waals surface area contributed by atoms with Crippen LogP contribution < -0.4 is 0 Å². The number of carbonyl (C=O) groups excluding carboxylic acids is 1. The molecule has 0 bridgehead atoms. The van der Waals surface area contributed by atoms with Crippen molar-refractivity contribution in [3.05, 3.63) is 0 Å². The lowest BCUT2D eigenvalue weighted by molar-refractivity contribution is -0.130. The lowest BCUT2D eigenvalue weighted by Gasteiger charge is -2.28. The van der Waals surface area contributed by atoms with Crippen molar-refractivity contribution in [3.8, 4) is 0 Å². The third-order valence-corrected chi connectivity index (χ3v) is 2.28. The minimum atomic E-state index is -0.219. The maximum Gasteiger partial charge on any atom is 0.154 e. The molecular formula is C10H21NO. The molecule has 0 heterocycles. The monoisotopic (exact) mass is 171 g/mol. The number of nitrogens with zero attached hydrogens (tertiary/aromatic N) is 1. The van der Waals surface area contributed by atoms with Crippen LogP contribution in [0.1, 0.15) is 34.6 Å². The minimum absolute atomic E-state index is 0.0370. The molecular weight excluding hydrogens is 150 g/mol. The van der Waals surface area contributed by atoms with E-state index < -0.39 is 0 Å². The molecule has 1 atom stereocenters. The Kier molecular flexibility index (Phi) is 3.91. The molecule has 72 valence electrons. The smallest absolute Gasteiger partial charge is 0.154 e. The third-order valence-electron chi connectivity index (χ3n) is 2.28. The van der Waals surface area contributed by atoms with Crippen LogP contribution in [-0.4, -0.2) is 30.3 Å². The Hall–Kier alpha value is -0.370. The molecule has 0 spiro atoms. The van der Waals surface area contributed by atoms with Gasteiger partial charge in [0.15, 0.2) is 5.78 Å². The van der Waals surface area contributed by atoms with Crippen LogP contribution in [0.3, 0.4) is 0 Å². The van der Waals surface area contributed by atoms with Crippen LogP contribution in [0.15, 0.2) is 0 Å². The molecule has 0 aliphatic rings. The molecule has 0 aliphatic heterocycles. The predicted octanol–water partition coefficient (Wildman–Crippen LogP) is 1.94. The molecule has 0 saturated heterocycles. The number of carbonyl (C=O) groups is 1. The molecule has 0 amide bonds. The molecule has 0 rings (SSSR count). The van der Waals surface area contributed by atoms with E-state index in [1.807, 2.05) is 34.7 Å². The molecule has 12 heavy (non-hydrogen) atoms. The summed E-state index contributed by atoms with van der Waals surface area (Å²) in [4.78, 5) is 13.8. The Balaban J connectivity index is 4.30. The summed E-state index contributed by atoms with van der Waals surface area (Å²) in [6, 6.07) is 0.0370. The van der Waals surface area contributed by atoms with Crippen LogP contribution in [0.25, 0.3) is 0 Å². The molecule has 0 radical (unpaired) electrons. The first kappa shape index (κ1) is 11.6. The normalized spacial score (nSPS) is 14.9. The van der Waals surface area contributed by atoms with Crippen LogP contribution in [0, 0.1) is 5.41 Å². The van der Waals surface area contributed by atoms with Crippen molar-refractivity contribution in [2.24, 2.45) is 5.41 Å². The zero-order valence-corrected chi connectivity index (χ0v) is 9.14. The van der Waals surface area contributed by atoms with Gasteiger partial charge in [0.2, 0.25) is 0 Å². The summed E-state index contributed by atoms with van der Waals surface area (Å²) in [5.74, 6) is 0.312. The van der Waals surface area contributed by atoms with Gasteiger partial charge in [0.05, 0.1) is 6.04 Å². The molecule has 0 fully saturated rings. The summed E-state index contributed by atoms with van der Waals surface area (Å²) < 4.78 is 0. The van der Waals surface area contributed by atoms with E-state index in [-0.39, 0.29) is 11.5 Å². The number of hydrogen-bond acceptors (Lipinski definition) is 2. The first-order chi connectivity index (χ1) is 5.30. The molecule has 0 saturated carbocycles. The van der Waals surface area contributed by atoms with Crippen molar-refractivity contribution in [1.82, 2.24) is 4.90 Å². The lowest BCUT2D eigenvalue weighted by Crippen LogP contribution is -2.41. The average molecular weight is 171 g/mol. The quantitative estimate of drug-likeness (QED) is 0.647. The van der Waals surface area contributed by atoms with E-state index in [1.54, 1.807) is 0 Å². The number of Topliss-reactive ketones (excluding diaryl/α,β-unsaturated/α-hetero) is 1. The van der Waals surface area contributed by atoms with Crippen molar-refractivity contribution in [3.63, 3.8) is 0 Å². The molecule has 2 heteroatoms. The minimum Gasteiger partial charge on any atom is -0.297 e. The fraction of sp³-hybridized carbons (Fsp3) is 0.900. The van der Waals surface area contributed by atoms with Gasteiger partial charge in [-0.3, -0.25) is 9.69 Å². The Morgan fingerprint density at radius 3 is 2.08 bits per heavy atom. The van der Waals surface area contributed by atoms with Gasteiger partial charge in [-0.2, -0.15) is 0 Å². The third kappa shape index (κ3) is 2.94. The van der Waals surface area contributed by atoms with Crippen LogP contribution >= 0.6 is 0 Å². The Morgan fingerprint density at radius 1 is 1.42 bits per heavy atom. The van der Waals surface area contributed by atoms with E-state index in [9.17, 15) is 4.79 Å². The van der Waals surface area contributed by atoms with Gasteiger partial charge in [0, 0.05) is 5.41 Å². The molecule has 0 aliphatic carbocycles. The molecule has 0 unspecified atom stereocenters. The van der Waals surface area contributed by atoms with E-state index in [0.29, 0.717) is 5.78 Å². The van der Waals surface area contributed by atoms with Gasteiger partial charge in [-0.1, -0.05) is 27.7 Å². The second-order valence-electron chi connectivity index (χ2n) is 4.36. The SMILES string of the molecule is CCN(C)[C@H](C)C(=O)C(C)(C)C. The van der Waals surface area contributed by atoms with Gasteiger partial charge in [-0.15, -0.1) is 0 Å². The largest absolute Gasteiger partial charge is 0.297 e. The van der Waals surface area contributed by atoms with Crippen LogP contribution in [-0.2, 0) is 4.79 Å². The number of ketones is 1. The summed E-state index contributed by atoms with van der Waals surface area (Å²) in [5, 5.41) is 0. The highest BCUT2D eigenvalue weighted by Gasteiger charge is 2.28. The zero-order chi connectivity index (χ0) is 9.94. The molecule has 0 aromatic heterocycles. The summed E-state index contributed by atoms with van der Waals surface area (Å²) >= 11 is 0. The topological polar surface area (TPSA) is 20.3 Å². The summed E-state index contributed by atoms with van der Waals surface area (Å²) in [6.45, 7) is 10.9. The first-order valence-corrected chi connectivity index (χ1v) is 4.55. The van der Waals surface area contributed by atoms with Gasteiger partial charge in [-0.25, -0.2) is 0 Å². The van der Waals surface area contributed by atoms with Gasteiger partial charge in [0.1, 0.15) is 0 Å². The number of rotatable bonds is 3. The van der Waals surface area contributed by atoms with Crippen molar-refractivity contribution in [2.45, 2.75) is 40.7 Å². The van der Waals surface area contributed by atoms with Crippen LogP contribution in [0.2, 0.25) is 0 Å². The van der Waals surface area contributed by atoms with Gasteiger partial charge in [-0.05, 0) is 20.5 Å². The maximum atomic E-state index is 11.7. The summed E-state index contributed by atoms with van der Waals surface area (Å²) in [6.07, 6.45) is 0. The Labute approximate surface area is 75.9 Å². The van der Waals surface area contributed by atoms with Gasteiger partial charge >= 0.3 is 0 Å². The van der Waals surface area contributed by atoms with Crippen molar-refractivity contribution in [1.29, 1.82) is 0 Å². The summed E-state index contributed by atoms with van der Waals surface area (Å²) in [5.41, 5.74) is -0.219. The fourth-order valence-electron chi connectivity index (χ4n) is 1.10. The first-order valence-electron chi connectivity index (χ1n) is 4.55. The highest BCUT2D eigenvalue weighted by Crippen LogP contribution is 2.18. The van der Waals surface area contributed by atoms with E-state index in [2.05, 4.69) is 11.8 Å². The van der Waals surface area contributed by atoms with Gasteiger partial charge < -0.3 is 0 Å². The standard InChI is InChI=1S/C10H21NO/c1-7-11(6)8(2)9(12)10(3,4)5/h8H,7H2,1-6H3/t8-/m1/s1. The van der Waals surface area contributed by atoms with Gasteiger partial charge in [0.25, 0.3) is 0 Å². The highest BCUT2D eigenvalue weighted by molar-refractivity contribution is 5.88. The van der Waals surface area contributed by atoms with E-state index in [0.717, 1.165) is 6.54 Å². The van der Waals surface area contributed by atoms with Crippen LogP contribution in [0.4, 0.5) is 0 Å². The van der Waals surface area contributed by atoms with Crippen molar-refractivity contribution >= 4 is 5.78 Å². The van der Waals surface area contributed by atoms with E-state index in [4.69, 9.17) is 0 Å². The predicted molar refractivity (Wildman–Crippen MR) is 52.2 cm³/mol. The molecule has 0 N–H and O–H groups in total.